The monoisotopic (exact) mass is 273 g/mol. The third-order valence-electron chi connectivity index (χ3n) is 4.49. The summed E-state index contributed by atoms with van der Waals surface area (Å²) in [5.74, 6) is 0.767. The highest BCUT2D eigenvalue weighted by Crippen LogP contribution is 2.33. The van der Waals surface area contributed by atoms with Crippen molar-refractivity contribution in [3.63, 3.8) is 0 Å². The number of nitrogens with one attached hydrogen (secondary N) is 1. The van der Waals surface area contributed by atoms with E-state index in [0.29, 0.717) is 0 Å². The lowest BCUT2D eigenvalue weighted by Crippen LogP contribution is -2.38. The number of amides is 1. The van der Waals surface area contributed by atoms with Crippen molar-refractivity contribution in [2.24, 2.45) is 11.7 Å². The first-order valence-corrected chi connectivity index (χ1v) is 7.52. The second-order valence-corrected chi connectivity index (χ2v) is 6.33. The van der Waals surface area contributed by atoms with Crippen LogP contribution in [0.25, 0.3) is 0 Å². The molecule has 3 N–H and O–H groups in total. The normalized spacial score (nSPS) is 21.6. The van der Waals surface area contributed by atoms with Gasteiger partial charge in [0, 0.05) is 24.5 Å². The third kappa shape index (κ3) is 2.80. The van der Waals surface area contributed by atoms with Gasteiger partial charge in [-0.25, -0.2) is 0 Å². The lowest BCUT2D eigenvalue weighted by molar-refractivity contribution is -0.118. The third-order valence-corrected chi connectivity index (χ3v) is 4.49. The van der Waals surface area contributed by atoms with Crippen molar-refractivity contribution in [1.82, 2.24) is 0 Å². The van der Waals surface area contributed by atoms with Crippen molar-refractivity contribution in [2.45, 2.75) is 38.1 Å². The zero-order valence-corrected chi connectivity index (χ0v) is 12.1. The largest absolute Gasteiger partial charge is 0.371 e. The summed E-state index contributed by atoms with van der Waals surface area (Å²) >= 11 is 0. The van der Waals surface area contributed by atoms with Crippen LogP contribution < -0.4 is 16.0 Å². The quantitative estimate of drug-likeness (QED) is 0.889. The van der Waals surface area contributed by atoms with Crippen LogP contribution in [0.15, 0.2) is 24.3 Å². The maximum Gasteiger partial charge on any atom is 0.244 e. The molecule has 2 aliphatic rings. The molecule has 4 heteroatoms. The Kier molecular flexibility index (Phi) is 3.42. The van der Waals surface area contributed by atoms with Crippen LogP contribution in [0.4, 0.5) is 11.4 Å². The lowest BCUT2D eigenvalue weighted by Gasteiger charge is -2.32. The molecule has 0 atom stereocenters. The van der Waals surface area contributed by atoms with E-state index >= 15 is 0 Å². The van der Waals surface area contributed by atoms with Gasteiger partial charge in [-0.05, 0) is 49.8 Å². The van der Waals surface area contributed by atoms with Gasteiger partial charge < -0.3 is 16.0 Å². The molecule has 0 radical (unpaired) electrons. The van der Waals surface area contributed by atoms with Crippen LogP contribution in [0.3, 0.4) is 0 Å². The minimum absolute atomic E-state index is 0.0538. The fraction of sp³-hybridized carbons (Fsp3) is 0.562. The van der Waals surface area contributed by atoms with Gasteiger partial charge >= 0.3 is 0 Å². The van der Waals surface area contributed by atoms with E-state index in [9.17, 15) is 4.79 Å². The van der Waals surface area contributed by atoms with Gasteiger partial charge in [-0.2, -0.15) is 0 Å². The van der Waals surface area contributed by atoms with Crippen LogP contribution in [0.1, 0.15) is 32.6 Å². The SMILES string of the molecule is CC1CCN(c2cccc(NC(=O)C3(N)CC3)c2)CC1. The van der Waals surface area contributed by atoms with E-state index in [1.54, 1.807) is 0 Å². The minimum atomic E-state index is -0.615. The van der Waals surface area contributed by atoms with E-state index in [1.165, 1.54) is 18.5 Å². The molecule has 1 heterocycles. The molecular formula is C16H23N3O. The van der Waals surface area contributed by atoms with Crippen molar-refractivity contribution in [3.8, 4) is 0 Å². The zero-order valence-electron chi connectivity index (χ0n) is 12.1. The molecule has 1 aliphatic heterocycles. The molecule has 2 fully saturated rings. The van der Waals surface area contributed by atoms with Gasteiger partial charge in [0.25, 0.3) is 0 Å². The molecular weight excluding hydrogens is 250 g/mol. The lowest BCUT2D eigenvalue weighted by atomic mass is 9.99. The van der Waals surface area contributed by atoms with Crippen molar-refractivity contribution >= 4 is 17.3 Å². The fourth-order valence-electron chi connectivity index (χ4n) is 2.66. The van der Waals surface area contributed by atoms with Gasteiger partial charge in [0.05, 0.1) is 5.54 Å². The van der Waals surface area contributed by atoms with Gasteiger partial charge in [-0.1, -0.05) is 13.0 Å². The van der Waals surface area contributed by atoms with Gasteiger partial charge in [-0.15, -0.1) is 0 Å². The first-order chi connectivity index (χ1) is 9.57. The van der Waals surface area contributed by atoms with Crippen LogP contribution in [0.2, 0.25) is 0 Å². The minimum Gasteiger partial charge on any atom is -0.371 e. The van der Waals surface area contributed by atoms with Crippen LogP contribution in [-0.4, -0.2) is 24.5 Å². The average Bonchev–Trinajstić information content (AvgIpc) is 3.19. The average molecular weight is 273 g/mol. The molecule has 108 valence electrons. The number of nitrogens with zero attached hydrogens (tertiary/aromatic N) is 1. The Morgan fingerprint density at radius 2 is 2.05 bits per heavy atom. The van der Waals surface area contributed by atoms with Crippen LogP contribution in [0, 0.1) is 5.92 Å². The van der Waals surface area contributed by atoms with Crippen LogP contribution >= 0.6 is 0 Å². The number of carbonyl (C=O) groups is 1. The molecule has 0 bridgehead atoms. The fourth-order valence-corrected chi connectivity index (χ4v) is 2.66. The molecule has 20 heavy (non-hydrogen) atoms. The summed E-state index contributed by atoms with van der Waals surface area (Å²) in [4.78, 5) is 14.4. The number of piperidine rings is 1. The van der Waals surface area contributed by atoms with E-state index < -0.39 is 5.54 Å². The number of hydrogen-bond donors (Lipinski definition) is 2. The highest BCUT2D eigenvalue weighted by atomic mass is 16.2. The second-order valence-electron chi connectivity index (χ2n) is 6.33. The molecule has 1 saturated heterocycles. The maximum atomic E-state index is 12.0. The molecule has 0 spiro atoms. The number of carbonyl (C=O) groups excluding carboxylic acids is 1. The van der Waals surface area contributed by atoms with E-state index in [2.05, 4.69) is 29.3 Å². The summed E-state index contributed by atoms with van der Waals surface area (Å²) in [6.07, 6.45) is 4.07. The predicted octanol–water partition coefficient (Wildman–Crippen LogP) is 2.35. The molecule has 1 saturated carbocycles. The maximum absolute atomic E-state index is 12.0. The highest BCUT2D eigenvalue weighted by Gasteiger charge is 2.45. The molecule has 1 aromatic carbocycles. The summed E-state index contributed by atoms with van der Waals surface area (Å²) < 4.78 is 0. The molecule has 1 aliphatic carbocycles. The summed E-state index contributed by atoms with van der Waals surface area (Å²) in [5.41, 5.74) is 7.34. The van der Waals surface area contributed by atoms with E-state index in [0.717, 1.165) is 37.5 Å². The van der Waals surface area contributed by atoms with Crippen LogP contribution in [-0.2, 0) is 4.79 Å². The second kappa shape index (κ2) is 5.09. The molecule has 1 amide bonds. The molecule has 0 aromatic heterocycles. The van der Waals surface area contributed by atoms with Gasteiger partial charge in [0.2, 0.25) is 5.91 Å². The van der Waals surface area contributed by atoms with Gasteiger partial charge in [0.15, 0.2) is 0 Å². The van der Waals surface area contributed by atoms with Gasteiger partial charge in [0.1, 0.15) is 0 Å². The number of anilines is 2. The highest BCUT2D eigenvalue weighted by molar-refractivity contribution is 6.00. The standard InChI is InChI=1S/C16H23N3O/c1-12-5-9-19(10-6-12)14-4-2-3-13(11-14)18-15(20)16(17)7-8-16/h2-4,11-12H,5-10,17H2,1H3,(H,18,20). The van der Waals surface area contributed by atoms with Crippen LogP contribution in [0.5, 0.6) is 0 Å². The predicted molar refractivity (Wildman–Crippen MR) is 81.8 cm³/mol. The molecule has 3 rings (SSSR count). The van der Waals surface area contributed by atoms with Crippen molar-refractivity contribution in [2.75, 3.05) is 23.3 Å². The van der Waals surface area contributed by atoms with E-state index in [4.69, 9.17) is 5.73 Å². The van der Waals surface area contributed by atoms with E-state index in [1.807, 2.05) is 12.1 Å². The molecule has 4 nitrogen and oxygen atoms in total. The Bertz CT molecular complexity index is 502. The number of hydrogen-bond acceptors (Lipinski definition) is 3. The molecule has 1 aromatic rings. The first kappa shape index (κ1) is 13.4. The topological polar surface area (TPSA) is 58.4 Å². The van der Waals surface area contributed by atoms with Gasteiger partial charge in [-0.3, -0.25) is 4.79 Å². The number of rotatable bonds is 3. The Labute approximate surface area is 120 Å². The summed E-state index contributed by atoms with van der Waals surface area (Å²) in [6, 6.07) is 8.10. The summed E-state index contributed by atoms with van der Waals surface area (Å²) in [5, 5.41) is 2.94. The summed E-state index contributed by atoms with van der Waals surface area (Å²) in [7, 11) is 0. The Balaban J connectivity index is 1.68. The number of benzene rings is 1. The van der Waals surface area contributed by atoms with Crippen molar-refractivity contribution in [3.05, 3.63) is 24.3 Å². The first-order valence-electron chi connectivity index (χ1n) is 7.52. The Morgan fingerprint density at radius 1 is 1.35 bits per heavy atom. The smallest absolute Gasteiger partial charge is 0.244 e. The van der Waals surface area contributed by atoms with E-state index in [-0.39, 0.29) is 5.91 Å². The Morgan fingerprint density at radius 3 is 2.70 bits per heavy atom. The number of nitrogens with two attached hydrogens (primary N) is 1. The Hall–Kier alpha value is -1.55. The van der Waals surface area contributed by atoms with Crippen molar-refractivity contribution in [1.29, 1.82) is 0 Å². The van der Waals surface area contributed by atoms with Crippen molar-refractivity contribution < 1.29 is 4.79 Å². The zero-order chi connectivity index (χ0) is 14.2. The summed E-state index contributed by atoms with van der Waals surface area (Å²) in [6.45, 7) is 4.50. The molecule has 0 unspecified atom stereocenters.